The Labute approximate surface area is 117 Å². The van der Waals surface area contributed by atoms with Crippen molar-refractivity contribution in [1.29, 1.82) is 0 Å². The SMILES string of the molecule is Cc1cnc2c(c1)[nH]c(=S)n2C(C)C(=O)NC(C)C. The molecular weight excluding hydrogens is 260 g/mol. The van der Waals surface area contributed by atoms with E-state index in [0.29, 0.717) is 10.4 Å². The third-order valence-corrected chi connectivity index (χ3v) is 3.19. The van der Waals surface area contributed by atoms with Crippen LogP contribution in [0.5, 0.6) is 0 Å². The van der Waals surface area contributed by atoms with Gasteiger partial charge < -0.3 is 10.3 Å². The lowest BCUT2D eigenvalue weighted by atomic mass is 10.2. The highest BCUT2D eigenvalue weighted by Gasteiger charge is 2.19. The third-order valence-electron chi connectivity index (χ3n) is 2.89. The lowest BCUT2D eigenvalue weighted by Gasteiger charge is -2.16. The minimum atomic E-state index is -0.390. The van der Waals surface area contributed by atoms with Gasteiger partial charge in [-0.25, -0.2) is 4.98 Å². The van der Waals surface area contributed by atoms with Crippen molar-refractivity contribution >= 4 is 29.3 Å². The second kappa shape index (κ2) is 5.13. The van der Waals surface area contributed by atoms with E-state index in [2.05, 4.69) is 15.3 Å². The van der Waals surface area contributed by atoms with Crippen LogP contribution in [-0.2, 0) is 4.79 Å². The predicted molar refractivity (Wildman–Crippen MR) is 77.6 cm³/mol. The Morgan fingerprint density at radius 1 is 1.47 bits per heavy atom. The molecule has 0 bridgehead atoms. The van der Waals surface area contributed by atoms with Gasteiger partial charge >= 0.3 is 0 Å². The maximum atomic E-state index is 12.1. The number of aryl methyl sites for hydroxylation is 1. The van der Waals surface area contributed by atoms with Gasteiger partial charge in [0.15, 0.2) is 10.4 Å². The van der Waals surface area contributed by atoms with Crippen molar-refractivity contribution in [3.63, 3.8) is 0 Å². The van der Waals surface area contributed by atoms with Crippen LogP contribution in [0.4, 0.5) is 0 Å². The molecule has 2 aromatic heterocycles. The highest BCUT2D eigenvalue weighted by atomic mass is 32.1. The van der Waals surface area contributed by atoms with Gasteiger partial charge in [0.1, 0.15) is 6.04 Å². The molecule has 0 saturated heterocycles. The van der Waals surface area contributed by atoms with Crippen LogP contribution in [0.2, 0.25) is 0 Å². The van der Waals surface area contributed by atoms with Crippen LogP contribution in [-0.4, -0.2) is 26.5 Å². The Morgan fingerprint density at radius 3 is 2.79 bits per heavy atom. The van der Waals surface area contributed by atoms with Gasteiger partial charge in [0.25, 0.3) is 0 Å². The number of aromatic nitrogens is 3. The number of pyridine rings is 1. The number of fused-ring (bicyclic) bond motifs is 1. The molecule has 2 rings (SSSR count). The average molecular weight is 278 g/mol. The molecule has 1 unspecified atom stereocenters. The Kier molecular flexibility index (Phi) is 3.71. The fourth-order valence-electron chi connectivity index (χ4n) is 2.00. The Bertz CT molecular complexity index is 671. The molecule has 0 spiro atoms. The van der Waals surface area contributed by atoms with E-state index in [1.165, 1.54) is 0 Å². The van der Waals surface area contributed by atoms with Crippen molar-refractivity contribution in [3.05, 3.63) is 22.6 Å². The summed E-state index contributed by atoms with van der Waals surface area (Å²) in [6, 6.07) is 1.69. The smallest absolute Gasteiger partial charge is 0.243 e. The summed E-state index contributed by atoms with van der Waals surface area (Å²) in [4.78, 5) is 19.6. The first kappa shape index (κ1) is 13.7. The first-order valence-electron chi connectivity index (χ1n) is 6.27. The van der Waals surface area contributed by atoms with E-state index in [1.807, 2.05) is 33.8 Å². The number of aromatic amines is 1. The van der Waals surface area contributed by atoms with E-state index in [4.69, 9.17) is 12.2 Å². The number of H-pyrrole nitrogens is 1. The first-order chi connectivity index (χ1) is 8.90. The summed E-state index contributed by atoms with van der Waals surface area (Å²) in [5.74, 6) is -0.0608. The standard InChI is InChI=1S/C13H18N4OS/c1-7(2)15-12(18)9(4)17-11-10(16-13(17)19)5-8(3)6-14-11/h5-7,9H,1-4H3,(H,15,18)(H,16,19). The summed E-state index contributed by atoms with van der Waals surface area (Å²) in [6.07, 6.45) is 1.77. The number of nitrogens with one attached hydrogen (secondary N) is 2. The Hall–Kier alpha value is -1.69. The Morgan fingerprint density at radius 2 is 2.16 bits per heavy atom. The molecule has 19 heavy (non-hydrogen) atoms. The molecule has 0 saturated carbocycles. The normalized spacial score (nSPS) is 12.9. The molecule has 0 fully saturated rings. The van der Waals surface area contributed by atoms with Crippen molar-refractivity contribution in [3.8, 4) is 0 Å². The predicted octanol–water partition coefficient (Wildman–Crippen LogP) is 2.49. The van der Waals surface area contributed by atoms with Gasteiger partial charge in [0.05, 0.1) is 5.52 Å². The summed E-state index contributed by atoms with van der Waals surface area (Å²) < 4.78 is 2.27. The molecule has 2 N–H and O–H groups in total. The molecule has 0 radical (unpaired) electrons. The summed E-state index contributed by atoms with van der Waals surface area (Å²) in [7, 11) is 0. The van der Waals surface area contributed by atoms with Crippen molar-refractivity contribution in [2.24, 2.45) is 0 Å². The van der Waals surface area contributed by atoms with Gasteiger partial charge in [-0.2, -0.15) is 0 Å². The van der Waals surface area contributed by atoms with E-state index in [9.17, 15) is 4.79 Å². The van der Waals surface area contributed by atoms with Crippen molar-refractivity contribution in [2.45, 2.75) is 39.8 Å². The molecule has 2 aromatic rings. The number of nitrogens with zero attached hydrogens (tertiary/aromatic N) is 2. The van der Waals surface area contributed by atoms with E-state index in [1.54, 1.807) is 10.8 Å². The number of carbonyl (C=O) groups is 1. The lowest BCUT2D eigenvalue weighted by molar-refractivity contribution is -0.124. The molecular formula is C13H18N4OS. The van der Waals surface area contributed by atoms with Crippen molar-refractivity contribution in [2.75, 3.05) is 0 Å². The fraction of sp³-hybridized carbons (Fsp3) is 0.462. The molecule has 0 aliphatic rings. The van der Waals surface area contributed by atoms with Gasteiger partial charge in [-0.3, -0.25) is 9.36 Å². The first-order valence-corrected chi connectivity index (χ1v) is 6.68. The van der Waals surface area contributed by atoms with Gasteiger partial charge in [-0.15, -0.1) is 0 Å². The van der Waals surface area contributed by atoms with Gasteiger partial charge in [0, 0.05) is 12.2 Å². The second-order valence-corrected chi connectivity index (χ2v) is 5.41. The highest BCUT2D eigenvalue weighted by molar-refractivity contribution is 7.71. The lowest BCUT2D eigenvalue weighted by Crippen LogP contribution is -2.35. The van der Waals surface area contributed by atoms with Crippen LogP contribution in [0.25, 0.3) is 11.2 Å². The maximum absolute atomic E-state index is 12.1. The third kappa shape index (κ3) is 2.68. The van der Waals surface area contributed by atoms with Crippen molar-refractivity contribution in [1.82, 2.24) is 19.9 Å². The zero-order valence-electron chi connectivity index (χ0n) is 11.5. The quantitative estimate of drug-likeness (QED) is 0.848. The molecule has 1 atom stereocenters. The Balaban J connectivity index is 2.47. The number of carbonyl (C=O) groups excluding carboxylic acids is 1. The molecule has 5 nitrogen and oxygen atoms in total. The van der Waals surface area contributed by atoms with Crippen LogP contribution < -0.4 is 5.32 Å². The molecule has 0 aliphatic heterocycles. The van der Waals surface area contributed by atoms with Gasteiger partial charge in [-0.05, 0) is 51.5 Å². The van der Waals surface area contributed by atoms with E-state index < -0.39 is 0 Å². The van der Waals surface area contributed by atoms with Crippen LogP contribution in [0.3, 0.4) is 0 Å². The van der Waals surface area contributed by atoms with E-state index in [-0.39, 0.29) is 18.0 Å². The largest absolute Gasteiger partial charge is 0.352 e. The number of amides is 1. The number of imidazole rings is 1. The fourth-order valence-corrected chi connectivity index (χ4v) is 2.35. The van der Waals surface area contributed by atoms with Crippen LogP contribution in [0, 0.1) is 11.7 Å². The minimum absolute atomic E-state index is 0.0608. The highest BCUT2D eigenvalue weighted by Crippen LogP contribution is 2.18. The molecule has 1 amide bonds. The molecule has 0 aliphatic carbocycles. The average Bonchev–Trinajstić information content (AvgIpc) is 2.62. The topological polar surface area (TPSA) is 62.7 Å². The summed E-state index contributed by atoms with van der Waals surface area (Å²) in [5.41, 5.74) is 2.62. The molecule has 2 heterocycles. The summed E-state index contributed by atoms with van der Waals surface area (Å²) in [6.45, 7) is 7.65. The van der Waals surface area contributed by atoms with Crippen LogP contribution in [0.15, 0.2) is 12.3 Å². The molecule has 6 heteroatoms. The minimum Gasteiger partial charge on any atom is -0.352 e. The molecule has 0 aromatic carbocycles. The van der Waals surface area contributed by atoms with E-state index in [0.717, 1.165) is 11.1 Å². The summed E-state index contributed by atoms with van der Waals surface area (Å²) in [5, 5.41) is 2.89. The number of hydrogen-bond acceptors (Lipinski definition) is 3. The molecule has 102 valence electrons. The van der Waals surface area contributed by atoms with Crippen molar-refractivity contribution < 1.29 is 4.79 Å². The second-order valence-electron chi connectivity index (χ2n) is 5.02. The maximum Gasteiger partial charge on any atom is 0.243 e. The van der Waals surface area contributed by atoms with Crippen LogP contribution >= 0.6 is 12.2 Å². The van der Waals surface area contributed by atoms with Crippen LogP contribution in [0.1, 0.15) is 32.4 Å². The zero-order valence-corrected chi connectivity index (χ0v) is 12.3. The number of hydrogen-bond donors (Lipinski definition) is 2. The zero-order chi connectivity index (χ0) is 14.2. The van der Waals surface area contributed by atoms with Gasteiger partial charge in [-0.1, -0.05) is 0 Å². The van der Waals surface area contributed by atoms with E-state index >= 15 is 0 Å². The van der Waals surface area contributed by atoms with Gasteiger partial charge in [0.2, 0.25) is 5.91 Å². The summed E-state index contributed by atoms with van der Waals surface area (Å²) >= 11 is 5.29. The monoisotopic (exact) mass is 278 g/mol. The number of rotatable bonds is 3.